The molecule has 6 heteroatoms. The molecule has 0 amide bonds. The van der Waals surface area contributed by atoms with Crippen molar-refractivity contribution in [3.63, 3.8) is 0 Å². The number of anilines is 1. The Kier molecular flexibility index (Phi) is 6.46. The standard InChI is InChI=1S/C28H26BrN5/c29-21-14-12-19(13-15-21)17-34-18-24(27(33-34)20-8-4-3-5-9-20)26-22-10-6-1-2-7-11-25(22)32-28(31)23(26)16-30/h3-5,8-9,12-15,18H,1-2,6-7,10-11,17H2,(H2,31,32). The van der Waals surface area contributed by atoms with E-state index in [9.17, 15) is 5.26 Å². The summed E-state index contributed by atoms with van der Waals surface area (Å²) >= 11 is 3.51. The Balaban J connectivity index is 1.72. The summed E-state index contributed by atoms with van der Waals surface area (Å²) in [5.74, 6) is 0.316. The fraction of sp³-hybridized carbons (Fsp3) is 0.250. The molecule has 34 heavy (non-hydrogen) atoms. The molecular weight excluding hydrogens is 486 g/mol. The summed E-state index contributed by atoms with van der Waals surface area (Å²) in [7, 11) is 0. The average molecular weight is 512 g/mol. The van der Waals surface area contributed by atoms with Crippen LogP contribution in [0.2, 0.25) is 0 Å². The van der Waals surface area contributed by atoms with Crippen molar-refractivity contribution in [2.75, 3.05) is 5.73 Å². The Bertz CT molecular complexity index is 1350. The molecule has 0 atom stereocenters. The number of nitrogens with zero attached hydrogens (tertiary/aromatic N) is 4. The molecule has 1 aliphatic carbocycles. The zero-order valence-electron chi connectivity index (χ0n) is 19.0. The Morgan fingerprint density at radius 3 is 2.44 bits per heavy atom. The summed E-state index contributed by atoms with van der Waals surface area (Å²) in [6.07, 6.45) is 8.45. The second kappa shape index (κ2) is 9.82. The molecule has 2 N–H and O–H groups in total. The van der Waals surface area contributed by atoms with E-state index >= 15 is 0 Å². The van der Waals surface area contributed by atoms with E-state index in [4.69, 9.17) is 10.8 Å². The highest BCUT2D eigenvalue weighted by atomic mass is 79.9. The van der Waals surface area contributed by atoms with Crippen LogP contribution in [0.25, 0.3) is 22.4 Å². The van der Waals surface area contributed by atoms with Gasteiger partial charge in [-0.05, 0) is 48.9 Å². The molecule has 0 radical (unpaired) electrons. The number of benzene rings is 2. The number of halogens is 1. The molecule has 1 aliphatic rings. The second-order valence-electron chi connectivity index (χ2n) is 8.78. The van der Waals surface area contributed by atoms with E-state index in [0.29, 0.717) is 17.9 Å². The van der Waals surface area contributed by atoms with Crippen molar-refractivity contribution in [2.24, 2.45) is 0 Å². The van der Waals surface area contributed by atoms with Gasteiger partial charge in [0.2, 0.25) is 0 Å². The van der Waals surface area contributed by atoms with Gasteiger partial charge in [0.1, 0.15) is 23.1 Å². The third kappa shape index (κ3) is 4.49. The minimum absolute atomic E-state index is 0.316. The van der Waals surface area contributed by atoms with E-state index in [1.807, 2.05) is 35.0 Å². The van der Waals surface area contributed by atoms with Crippen molar-refractivity contribution in [1.29, 1.82) is 5.26 Å². The highest BCUT2D eigenvalue weighted by Crippen LogP contribution is 2.39. The Hall–Kier alpha value is -3.43. The smallest absolute Gasteiger partial charge is 0.142 e. The molecule has 0 aliphatic heterocycles. The lowest BCUT2D eigenvalue weighted by molar-refractivity contribution is 0.610. The van der Waals surface area contributed by atoms with E-state index in [-0.39, 0.29) is 0 Å². The summed E-state index contributed by atoms with van der Waals surface area (Å²) in [5, 5.41) is 15.1. The van der Waals surface area contributed by atoms with Crippen LogP contribution in [0.1, 0.15) is 48.1 Å². The van der Waals surface area contributed by atoms with Gasteiger partial charge in [0.05, 0.1) is 6.54 Å². The average Bonchev–Trinajstić information content (AvgIpc) is 3.25. The summed E-state index contributed by atoms with van der Waals surface area (Å²) in [6, 6.07) is 20.8. The molecule has 2 aromatic heterocycles. The lowest BCUT2D eigenvalue weighted by atomic mass is 9.87. The van der Waals surface area contributed by atoms with Crippen molar-refractivity contribution in [2.45, 2.75) is 45.1 Å². The quantitative estimate of drug-likeness (QED) is 0.337. The van der Waals surface area contributed by atoms with Crippen molar-refractivity contribution in [1.82, 2.24) is 14.8 Å². The number of aryl methyl sites for hydroxylation is 1. The number of nitrogens with two attached hydrogens (primary N) is 1. The van der Waals surface area contributed by atoms with E-state index < -0.39 is 0 Å². The largest absolute Gasteiger partial charge is 0.383 e. The molecule has 0 saturated carbocycles. The van der Waals surface area contributed by atoms with Gasteiger partial charge in [-0.1, -0.05) is 71.2 Å². The first-order valence-electron chi connectivity index (χ1n) is 11.7. The summed E-state index contributed by atoms with van der Waals surface area (Å²) in [6.45, 7) is 0.637. The van der Waals surface area contributed by atoms with Gasteiger partial charge >= 0.3 is 0 Å². The van der Waals surface area contributed by atoms with Gasteiger partial charge in [-0.2, -0.15) is 10.4 Å². The molecule has 5 nitrogen and oxygen atoms in total. The fourth-order valence-corrected chi connectivity index (χ4v) is 5.06. The first-order valence-corrected chi connectivity index (χ1v) is 12.5. The van der Waals surface area contributed by atoms with Gasteiger partial charge in [-0.25, -0.2) is 4.98 Å². The minimum atomic E-state index is 0.316. The molecule has 2 heterocycles. The van der Waals surface area contributed by atoms with Crippen LogP contribution >= 0.6 is 15.9 Å². The van der Waals surface area contributed by atoms with E-state index in [2.05, 4.69) is 57.4 Å². The maximum Gasteiger partial charge on any atom is 0.142 e. The molecule has 0 spiro atoms. The van der Waals surface area contributed by atoms with Gasteiger partial charge in [0, 0.05) is 33.1 Å². The maximum absolute atomic E-state index is 10.1. The van der Waals surface area contributed by atoms with Gasteiger partial charge in [0.25, 0.3) is 0 Å². The predicted molar refractivity (Wildman–Crippen MR) is 139 cm³/mol. The number of nitriles is 1. The molecule has 0 unspecified atom stereocenters. The number of rotatable bonds is 4. The summed E-state index contributed by atoms with van der Waals surface area (Å²) in [4.78, 5) is 4.68. The molecule has 0 fully saturated rings. The van der Waals surface area contributed by atoms with Crippen LogP contribution in [-0.2, 0) is 19.4 Å². The highest BCUT2D eigenvalue weighted by molar-refractivity contribution is 9.10. The summed E-state index contributed by atoms with van der Waals surface area (Å²) < 4.78 is 3.01. The molecular formula is C28H26BrN5. The van der Waals surface area contributed by atoms with Gasteiger partial charge in [0.15, 0.2) is 0 Å². The Morgan fingerprint density at radius 2 is 1.71 bits per heavy atom. The maximum atomic E-state index is 10.1. The van der Waals surface area contributed by atoms with Crippen LogP contribution < -0.4 is 5.73 Å². The van der Waals surface area contributed by atoms with Crippen molar-refractivity contribution in [3.05, 3.63) is 87.7 Å². The number of nitrogen functional groups attached to an aromatic ring is 1. The number of pyridine rings is 1. The zero-order valence-corrected chi connectivity index (χ0v) is 20.6. The first-order chi connectivity index (χ1) is 16.6. The fourth-order valence-electron chi connectivity index (χ4n) is 4.80. The van der Waals surface area contributed by atoms with Crippen LogP contribution in [-0.4, -0.2) is 14.8 Å². The number of aromatic nitrogens is 3. The Morgan fingerprint density at radius 1 is 0.971 bits per heavy atom. The predicted octanol–water partition coefficient (Wildman–Crippen LogP) is 6.54. The molecule has 5 rings (SSSR count). The third-order valence-electron chi connectivity index (χ3n) is 6.45. The SMILES string of the molecule is N#Cc1c(N)nc2c(c1-c1cn(Cc3ccc(Br)cc3)nc1-c1ccccc1)CCCCCC2. The van der Waals surface area contributed by atoms with Crippen LogP contribution in [0.15, 0.2) is 65.3 Å². The second-order valence-corrected chi connectivity index (χ2v) is 9.70. The highest BCUT2D eigenvalue weighted by Gasteiger charge is 2.25. The lowest BCUT2D eigenvalue weighted by Crippen LogP contribution is -2.10. The molecule has 2 aromatic carbocycles. The van der Waals surface area contributed by atoms with Crippen molar-refractivity contribution < 1.29 is 0 Å². The first kappa shape index (κ1) is 22.4. The van der Waals surface area contributed by atoms with Gasteiger partial charge in [-0.3, -0.25) is 4.68 Å². The summed E-state index contributed by atoms with van der Waals surface area (Å²) in [5.41, 5.74) is 13.9. The third-order valence-corrected chi connectivity index (χ3v) is 6.98. The number of hydrogen-bond acceptors (Lipinski definition) is 4. The Labute approximate surface area is 208 Å². The molecule has 0 bridgehead atoms. The monoisotopic (exact) mass is 511 g/mol. The topological polar surface area (TPSA) is 80.5 Å². The van der Waals surface area contributed by atoms with E-state index in [1.165, 1.54) is 12.8 Å². The molecule has 4 aromatic rings. The minimum Gasteiger partial charge on any atom is -0.383 e. The molecule has 170 valence electrons. The van der Waals surface area contributed by atoms with E-state index in [1.54, 1.807) is 0 Å². The van der Waals surface area contributed by atoms with Crippen LogP contribution in [0.3, 0.4) is 0 Å². The van der Waals surface area contributed by atoms with Crippen LogP contribution in [0.4, 0.5) is 5.82 Å². The van der Waals surface area contributed by atoms with Crippen LogP contribution in [0.5, 0.6) is 0 Å². The van der Waals surface area contributed by atoms with Gasteiger partial charge < -0.3 is 5.73 Å². The number of hydrogen-bond donors (Lipinski definition) is 1. The van der Waals surface area contributed by atoms with Gasteiger partial charge in [-0.15, -0.1) is 0 Å². The lowest BCUT2D eigenvalue weighted by Gasteiger charge is -2.19. The van der Waals surface area contributed by atoms with Crippen molar-refractivity contribution >= 4 is 21.7 Å². The number of fused-ring (bicyclic) bond motifs is 1. The van der Waals surface area contributed by atoms with E-state index in [0.717, 1.165) is 69.4 Å². The molecule has 0 saturated heterocycles. The zero-order chi connectivity index (χ0) is 23.5. The van der Waals surface area contributed by atoms with Crippen LogP contribution in [0, 0.1) is 11.3 Å². The van der Waals surface area contributed by atoms with Crippen molar-refractivity contribution in [3.8, 4) is 28.5 Å². The normalized spacial score (nSPS) is 13.5.